The van der Waals surface area contributed by atoms with E-state index >= 15 is 0 Å². The van der Waals surface area contributed by atoms with Crippen LogP contribution in [0.4, 0.5) is 11.4 Å². The third-order valence-corrected chi connectivity index (χ3v) is 4.02. The summed E-state index contributed by atoms with van der Waals surface area (Å²) in [6, 6.07) is 5.31. The van der Waals surface area contributed by atoms with Crippen LogP contribution in [0.3, 0.4) is 0 Å². The van der Waals surface area contributed by atoms with E-state index in [0.717, 1.165) is 30.8 Å². The summed E-state index contributed by atoms with van der Waals surface area (Å²) in [4.78, 5) is 13.0. The van der Waals surface area contributed by atoms with Crippen molar-refractivity contribution >= 4 is 23.0 Å². The maximum absolute atomic E-state index is 11.2. The molecule has 0 amide bonds. The van der Waals surface area contributed by atoms with Gasteiger partial charge in [-0.1, -0.05) is 19.4 Å². The van der Waals surface area contributed by atoms with Crippen LogP contribution in [-0.4, -0.2) is 18.0 Å². The van der Waals surface area contributed by atoms with Crippen molar-refractivity contribution in [3.8, 4) is 0 Å². The SMILES string of the molecule is CCCC1CCN(c2ccc(CCl)cc2[N+](=O)[O-])C1. The number of rotatable bonds is 5. The van der Waals surface area contributed by atoms with E-state index < -0.39 is 0 Å². The van der Waals surface area contributed by atoms with Crippen LogP contribution in [0.5, 0.6) is 0 Å². The molecule has 1 atom stereocenters. The van der Waals surface area contributed by atoms with Gasteiger partial charge in [-0.05, 0) is 30.4 Å². The molecule has 0 spiro atoms. The Kier molecular flexibility index (Phi) is 4.64. The Morgan fingerprint density at radius 1 is 1.53 bits per heavy atom. The number of anilines is 1. The van der Waals surface area contributed by atoms with Gasteiger partial charge in [-0.2, -0.15) is 0 Å². The zero-order valence-corrected chi connectivity index (χ0v) is 11.9. The highest BCUT2D eigenvalue weighted by atomic mass is 35.5. The highest BCUT2D eigenvalue weighted by molar-refractivity contribution is 6.17. The van der Waals surface area contributed by atoms with Crippen molar-refractivity contribution in [2.75, 3.05) is 18.0 Å². The van der Waals surface area contributed by atoms with Gasteiger partial charge in [-0.3, -0.25) is 10.1 Å². The summed E-state index contributed by atoms with van der Waals surface area (Å²) in [5.41, 5.74) is 1.70. The molecule has 0 radical (unpaired) electrons. The minimum Gasteiger partial charge on any atom is -0.366 e. The van der Waals surface area contributed by atoms with Gasteiger partial charge in [0.05, 0.1) is 4.92 Å². The van der Waals surface area contributed by atoms with Gasteiger partial charge in [-0.15, -0.1) is 11.6 Å². The Balaban J connectivity index is 2.22. The monoisotopic (exact) mass is 282 g/mol. The van der Waals surface area contributed by atoms with E-state index in [1.165, 1.54) is 12.8 Å². The molecule has 0 N–H and O–H groups in total. The molecule has 4 nitrogen and oxygen atoms in total. The predicted octanol–water partition coefficient (Wildman–Crippen LogP) is 3.96. The van der Waals surface area contributed by atoms with Crippen molar-refractivity contribution in [1.82, 2.24) is 0 Å². The molecule has 1 saturated heterocycles. The molecule has 1 aromatic carbocycles. The fraction of sp³-hybridized carbons (Fsp3) is 0.571. The second-order valence-corrected chi connectivity index (χ2v) is 5.37. The third-order valence-electron chi connectivity index (χ3n) is 3.71. The lowest BCUT2D eigenvalue weighted by atomic mass is 10.0. The van der Waals surface area contributed by atoms with Gasteiger partial charge < -0.3 is 4.90 Å². The Morgan fingerprint density at radius 2 is 2.32 bits per heavy atom. The predicted molar refractivity (Wildman–Crippen MR) is 77.9 cm³/mol. The largest absolute Gasteiger partial charge is 0.366 e. The van der Waals surface area contributed by atoms with Crippen molar-refractivity contribution in [3.63, 3.8) is 0 Å². The van der Waals surface area contributed by atoms with E-state index in [1.54, 1.807) is 6.07 Å². The van der Waals surface area contributed by atoms with Crippen LogP contribution in [0.1, 0.15) is 31.7 Å². The Hall–Kier alpha value is -1.29. The zero-order chi connectivity index (χ0) is 13.8. The number of nitro groups is 1. The number of nitrogens with zero attached hydrogens (tertiary/aromatic N) is 2. The minimum atomic E-state index is -0.307. The average molecular weight is 283 g/mol. The maximum atomic E-state index is 11.2. The van der Waals surface area contributed by atoms with E-state index in [9.17, 15) is 10.1 Å². The van der Waals surface area contributed by atoms with Crippen LogP contribution in [0, 0.1) is 16.0 Å². The molecule has 0 aromatic heterocycles. The molecule has 1 aliphatic rings. The van der Waals surface area contributed by atoms with Crippen LogP contribution < -0.4 is 4.90 Å². The normalized spacial score (nSPS) is 18.8. The average Bonchev–Trinajstić information content (AvgIpc) is 2.87. The van der Waals surface area contributed by atoms with Crippen molar-refractivity contribution in [2.45, 2.75) is 32.1 Å². The Morgan fingerprint density at radius 3 is 2.95 bits per heavy atom. The van der Waals surface area contributed by atoms with Crippen molar-refractivity contribution in [2.24, 2.45) is 5.92 Å². The van der Waals surface area contributed by atoms with Gasteiger partial charge in [0.1, 0.15) is 5.69 Å². The molecule has 5 heteroatoms. The fourth-order valence-electron chi connectivity index (χ4n) is 2.76. The van der Waals surface area contributed by atoms with E-state index in [1.807, 2.05) is 12.1 Å². The molecular weight excluding hydrogens is 264 g/mol. The number of alkyl halides is 1. The number of nitro benzene ring substituents is 1. The van der Waals surface area contributed by atoms with Gasteiger partial charge in [0.2, 0.25) is 0 Å². The quantitative estimate of drug-likeness (QED) is 0.466. The van der Waals surface area contributed by atoms with Crippen LogP contribution in [-0.2, 0) is 5.88 Å². The first-order valence-corrected chi connectivity index (χ1v) is 7.27. The number of halogens is 1. The smallest absolute Gasteiger partial charge is 0.292 e. The van der Waals surface area contributed by atoms with Crippen molar-refractivity contribution < 1.29 is 4.92 Å². The molecule has 1 unspecified atom stereocenters. The summed E-state index contributed by atoms with van der Waals surface area (Å²) >= 11 is 5.74. The molecule has 19 heavy (non-hydrogen) atoms. The first kappa shape index (κ1) is 14.1. The minimum absolute atomic E-state index is 0.176. The molecule has 0 saturated carbocycles. The van der Waals surface area contributed by atoms with Crippen LogP contribution in [0.15, 0.2) is 18.2 Å². The molecule has 0 bridgehead atoms. The third kappa shape index (κ3) is 3.18. The molecule has 1 aromatic rings. The maximum Gasteiger partial charge on any atom is 0.292 e. The van der Waals surface area contributed by atoms with Crippen LogP contribution in [0.25, 0.3) is 0 Å². The molecule has 104 valence electrons. The van der Waals surface area contributed by atoms with Gasteiger partial charge in [0.15, 0.2) is 0 Å². The molecule has 1 aliphatic heterocycles. The second-order valence-electron chi connectivity index (χ2n) is 5.10. The summed E-state index contributed by atoms with van der Waals surface area (Å²) < 4.78 is 0. The highest BCUT2D eigenvalue weighted by Crippen LogP contribution is 2.34. The topological polar surface area (TPSA) is 46.4 Å². The van der Waals surface area contributed by atoms with E-state index in [-0.39, 0.29) is 10.6 Å². The molecule has 0 aliphatic carbocycles. The zero-order valence-electron chi connectivity index (χ0n) is 11.1. The lowest BCUT2D eigenvalue weighted by molar-refractivity contribution is -0.384. The summed E-state index contributed by atoms with van der Waals surface area (Å²) in [6.07, 6.45) is 3.50. The fourth-order valence-corrected chi connectivity index (χ4v) is 2.93. The lowest BCUT2D eigenvalue weighted by Gasteiger charge is -2.19. The van der Waals surface area contributed by atoms with Crippen LogP contribution >= 0.6 is 11.6 Å². The molecule has 1 heterocycles. The van der Waals surface area contributed by atoms with E-state index in [2.05, 4.69) is 11.8 Å². The van der Waals surface area contributed by atoms with Crippen LogP contribution in [0.2, 0.25) is 0 Å². The summed E-state index contributed by atoms with van der Waals surface area (Å²) in [5.74, 6) is 0.969. The summed E-state index contributed by atoms with van der Waals surface area (Å²) in [7, 11) is 0. The Labute approximate surface area is 118 Å². The van der Waals surface area contributed by atoms with E-state index in [4.69, 9.17) is 11.6 Å². The lowest BCUT2D eigenvalue weighted by Crippen LogP contribution is -2.20. The highest BCUT2D eigenvalue weighted by Gasteiger charge is 2.27. The van der Waals surface area contributed by atoms with Gasteiger partial charge in [0.25, 0.3) is 5.69 Å². The number of hydrogen-bond acceptors (Lipinski definition) is 3. The molecule has 1 fully saturated rings. The van der Waals surface area contributed by atoms with Crippen molar-refractivity contribution in [1.29, 1.82) is 0 Å². The van der Waals surface area contributed by atoms with E-state index in [0.29, 0.717) is 11.8 Å². The summed E-state index contributed by atoms with van der Waals surface area (Å²) in [5, 5.41) is 11.2. The first-order chi connectivity index (χ1) is 9.15. The number of hydrogen-bond donors (Lipinski definition) is 0. The molecule has 2 rings (SSSR count). The van der Waals surface area contributed by atoms with Gasteiger partial charge in [-0.25, -0.2) is 0 Å². The van der Waals surface area contributed by atoms with Gasteiger partial charge in [0, 0.05) is 25.0 Å². The van der Waals surface area contributed by atoms with Crippen molar-refractivity contribution in [3.05, 3.63) is 33.9 Å². The summed E-state index contributed by atoms with van der Waals surface area (Å²) in [6.45, 7) is 4.01. The second kappa shape index (κ2) is 6.24. The Bertz CT molecular complexity index is 465. The first-order valence-electron chi connectivity index (χ1n) is 6.74. The standard InChI is InChI=1S/C14H19ClN2O2/c1-2-3-11-6-7-16(10-11)13-5-4-12(9-15)8-14(13)17(18)19/h4-5,8,11H,2-3,6-7,9-10H2,1H3. The molecular formula is C14H19ClN2O2. The number of benzene rings is 1. The van der Waals surface area contributed by atoms with Gasteiger partial charge >= 0.3 is 0 Å².